The van der Waals surface area contributed by atoms with Crippen LogP contribution < -0.4 is 10.1 Å². The van der Waals surface area contributed by atoms with Crippen molar-refractivity contribution in [2.45, 2.75) is 12.5 Å². The molecule has 0 saturated carbocycles. The summed E-state index contributed by atoms with van der Waals surface area (Å²) >= 11 is 5.88. The minimum Gasteiger partial charge on any atom is -0.497 e. The second-order valence-electron chi connectivity index (χ2n) is 5.68. The molecule has 1 aromatic heterocycles. The number of ether oxygens (including phenoxy) is 1. The van der Waals surface area contributed by atoms with E-state index in [4.69, 9.17) is 16.3 Å². The zero-order valence-electron chi connectivity index (χ0n) is 13.9. The van der Waals surface area contributed by atoms with Gasteiger partial charge in [0.2, 0.25) is 5.91 Å². The van der Waals surface area contributed by atoms with E-state index in [1.165, 1.54) is 0 Å². The van der Waals surface area contributed by atoms with Crippen molar-refractivity contribution in [3.63, 3.8) is 0 Å². The number of nitrogens with zero attached hydrogens (tertiary/aromatic N) is 1. The van der Waals surface area contributed by atoms with E-state index in [1.54, 1.807) is 31.4 Å². The van der Waals surface area contributed by atoms with Gasteiger partial charge >= 0.3 is 0 Å². The number of carbonyl (C=O) groups is 1. The number of methoxy groups -OCH3 is 1. The van der Waals surface area contributed by atoms with Crippen LogP contribution in [0, 0.1) is 0 Å². The van der Waals surface area contributed by atoms with E-state index in [0.717, 1.165) is 17.0 Å². The summed E-state index contributed by atoms with van der Waals surface area (Å²) < 4.78 is 7.34. The lowest BCUT2D eigenvalue weighted by Crippen LogP contribution is -2.19. The first-order valence-electron chi connectivity index (χ1n) is 7.97. The second-order valence-corrected chi connectivity index (χ2v) is 6.12. The predicted octanol–water partition coefficient (Wildman–Crippen LogP) is 4.77. The quantitative estimate of drug-likeness (QED) is 0.693. The predicted molar refractivity (Wildman–Crippen MR) is 100 cm³/mol. The zero-order chi connectivity index (χ0) is 17.6. The molecule has 25 heavy (non-hydrogen) atoms. The van der Waals surface area contributed by atoms with Gasteiger partial charge in [-0.25, -0.2) is 0 Å². The van der Waals surface area contributed by atoms with E-state index in [0.29, 0.717) is 11.4 Å². The van der Waals surface area contributed by atoms with Crippen LogP contribution in [-0.2, 0) is 4.79 Å². The Labute approximate surface area is 152 Å². The number of aromatic nitrogens is 1. The van der Waals surface area contributed by atoms with Crippen LogP contribution in [0.3, 0.4) is 0 Å². The molecular formula is C20H19ClN2O2. The fraction of sp³-hybridized carbons (Fsp3) is 0.150. The molecule has 5 heteroatoms. The summed E-state index contributed by atoms with van der Waals surface area (Å²) in [4.78, 5) is 12.5. The lowest BCUT2D eigenvalue weighted by Gasteiger charge is -2.20. The number of benzene rings is 2. The molecule has 1 N–H and O–H groups in total. The topological polar surface area (TPSA) is 43.3 Å². The Balaban J connectivity index is 1.80. The van der Waals surface area contributed by atoms with Crippen LogP contribution in [0.25, 0.3) is 0 Å². The van der Waals surface area contributed by atoms with Crippen LogP contribution in [0.1, 0.15) is 18.0 Å². The molecule has 0 fully saturated rings. The fourth-order valence-corrected chi connectivity index (χ4v) is 2.85. The van der Waals surface area contributed by atoms with E-state index in [1.807, 2.05) is 53.4 Å². The van der Waals surface area contributed by atoms with E-state index in [9.17, 15) is 4.79 Å². The van der Waals surface area contributed by atoms with Crippen LogP contribution in [0.5, 0.6) is 5.75 Å². The van der Waals surface area contributed by atoms with Crippen LogP contribution in [0.4, 0.5) is 5.69 Å². The van der Waals surface area contributed by atoms with Crippen molar-refractivity contribution < 1.29 is 9.53 Å². The van der Waals surface area contributed by atoms with E-state index in [-0.39, 0.29) is 11.9 Å². The highest BCUT2D eigenvalue weighted by Gasteiger charge is 2.18. The van der Waals surface area contributed by atoms with Crippen molar-refractivity contribution in [1.29, 1.82) is 0 Å². The highest BCUT2D eigenvalue weighted by molar-refractivity contribution is 6.30. The Morgan fingerprint density at radius 2 is 1.84 bits per heavy atom. The van der Waals surface area contributed by atoms with Gasteiger partial charge in [-0.3, -0.25) is 4.79 Å². The molecule has 2 aromatic carbocycles. The minimum absolute atomic E-state index is 0.0659. The molecule has 0 aliphatic carbocycles. The Morgan fingerprint density at radius 1 is 1.12 bits per heavy atom. The lowest BCUT2D eigenvalue weighted by atomic mass is 10.0. The summed E-state index contributed by atoms with van der Waals surface area (Å²) in [7, 11) is 1.64. The number of amides is 1. The Hall–Kier alpha value is -2.72. The zero-order valence-corrected chi connectivity index (χ0v) is 14.6. The highest BCUT2D eigenvalue weighted by Crippen LogP contribution is 2.26. The molecule has 0 spiro atoms. The molecule has 0 unspecified atom stereocenters. The van der Waals surface area contributed by atoms with E-state index >= 15 is 0 Å². The molecule has 128 valence electrons. The molecule has 3 aromatic rings. The maximum absolute atomic E-state index is 12.5. The van der Waals surface area contributed by atoms with Gasteiger partial charge in [-0.05, 0) is 54.1 Å². The van der Waals surface area contributed by atoms with Gasteiger partial charge in [-0.1, -0.05) is 23.7 Å². The second kappa shape index (κ2) is 7.90. The van der Waals surface area contributed by atoms with Gasteiger partial charge in [0, 0.05) is 23.1 Å². The molecule has 0 aliphatic rings. The summed E-state index contributed by atoms with van der Waals surface area (Å²) in [6, 6.07) is 18.7. The van der Waals surface area contributed by atoms with Gasteiger partial charge in [0.15, 0.2) is 0 Å². The molecule has 3 rings (SSSR count). The summed E-state index contributed by atoms with van der Waals surface area (Å²) in [5.41, 5.74) is 1.74. The number of anilines is 1. The number of carbonyl (C=O) groups excluding carboxylic acids is 1. The largest absolute Gasteiger partial charge is 0.497 e. The van der Waals surface area contributed by atoms with Gasteiger partial charge in [0.25, 0.3) is 0 Å². The van der Waals surface area contributed by atoms with Crippen LogP contribution in [-0.4, -0.2) is 17.6 Å². The molecule has 1 heterocycles. The summed E-state index contributed by atoms with van der Waals surface area (Å²) in [5, 5.41) is 3.56. The highest BCUT2D eigenvalue weighted by atomic mass is 35.5. The summed E-state index contributed by atoms with van der Waals surface area (Å²) in [5.74, 6) is 0.705. The van der Waals surface area contributed by atoms with Crippen molar-refractivity contribution >= 4 is 23.2 Å². The monoisotopic (exact) mass is 354 g/mol. The SMILES string of the molecule is COc1cccc([C@@H](CC(=O)Nc2ccc(Cl)cc2)n2cccc2)c1. The molecule has 0 saturated heterocycles. The molecule has 0 radical (unpaired) electrons. The molecule has 1 atom stereocenters. The first kappa shape index (κ1) is 17.1. The van der Waals surface area contributed by atoms with Gasteiger partial charge < -0.3 is 14.6 Å². The lowest BCUT2D eigenvalue weighted by molar-refractivity contribution is -0.116. The Morgan fingerprint density at radius 3 is 2.52 bits per heavy atom. The van der Waals surface area contributed by atoms with Crippen LogP contribution >= 0.6 is 11.6 Å². The van der Waals surface area contributed by atoms with Crippen molar-refractivity contribution in [2.75, 3.05) is 12.4 Å². The number of hydrogen-bond donors (Lipinski definition) is 1. The van der Waals surface area contributed by atoms with Crippen molar-refractivity contribution in [1.82, 2.24) is 4.57 Å². The smallest absolute Gasteiger partial charge is 0.226 e. The van der Waals surface area contributed by atoms with Gasteiger partial charge in [0.05, 0.1) is 19.6 Å². The maximum Gasteiger partial charge on any atom is 0.226 e. The third-order valence-electron chi connectivity index (χ3n) is 3.97. The molecule has 0 aliphatic heterocycles. The van der Waals surface area contributed by atoms with Crippen LogP contribution in [0.2, 0.25) is 5.02 Å². The first-order chi connectivity index (χ1) is 12.2. The molecule has 0 bridgehead atoms. The van der Waals surface area contributed by atoms with Gasteiger partial charge in [-0.2, -0.15) is 0 Å². The first-order valence-corrected chi connectivity index (χ1v) is 8.35. The fourth-order valence-electron chi connectivity index (χ4n) is 2.72. The van der Waals surface area contributed by atoms with E-state index in [2.05, 4.69) is 5.32 Å². The third-order valence-corrected chi connectivity index (χ3v) is 4.22. The van der Waals surface area contributed by atoms with E-state index < -0.39 is 0 Å². The van der Waals surface area contributed by atoms with Gasteiger partial charge in [0.1, 0.15) is 5.75 Å². The third kappa shape index (κ3) is 4.43. The average Bonchev–Trinajstić information content (AvgIpc) is 3.16. The number of rotatable bonds is 6. The standard InChI is InChI=1S/C20H19ClN2O2/c1-25-18-6-4-5-15(13-18)19(23-11-2-3-12-23)14-20(24)22-17-9-7-16(21)8-10-17/h2-13,19H,14H2,1H3,(H,22,24)/t19-/m1/s1. The van der Waals surface area contributed by atoms with Gasteiger partial charge in [-0.15, -0.1) is 0 Å². The number of nitrogens with one attached hydrogen (secondary N) is 1. The van der Waals surface area contributed by atoms with Crippen molar-refractivity contribution in [3.05, 3.63) is 83.6 Å². The van der Waals surface area contributed by atoms with Crippen molar-refractivity contribution in [2.24, 2.45) is 0 Å². The summed E-state index contributed by atoms with van der Waals surface area (Å²) in [6.45, 7) is 0. The molecule has 1 amide bonds. The van der Waals surface area contributed by atoms with Crippen molar-refractivity contribution in [3.8, 4) is 5.75 Å². The Kier molecular flexibility index (Phi) is 5.41. The Bertz CT molecular complexity index is 829. The average molecular weight is 355 g/mol. The normalized spacial score (nSPS) is 11.8. The molecule has 4 nitrogen and oxygen atoms in total. The maximum atomic E-state index is 12.5. The summed E-state index contributed by atoms with van der Waals surface area (Å²) in [6.07, 6.45) is 4.23. The molecular weight excluding hydrogens is 336 g/mol. The number of hydrogen-bond acceptors (Lipinski definition) is 2. The number of halogens is 1. The minimum atomic E-state index is -0.114. The van der Waals surface area contributed by atoms with Crippen LogP contribution in [0.15, 0.2) is 73.1 Å².